The van der Waals surface area contributed by atoms with Crippen molar-refractivity contribution in [2.45, 2.75) is 25.5 Å². The molecule has 3 heterocycles. The Morgan fingerprint density at radius 3 is 3.19 bits per heavy atom. The van der Waals surface area contributed by atoms with Crippen molar-refractivity contribution in [3.63, 3.8) is 0 Å². The molecule has 6 heteroatoms. The van der Waals surface area contributed by atoms with Gasteiger partial charge in [-0.25, -0.2) is 4.98 Å². The molecular formula is C15H14ClN3O2. The number of hydrogen-bond donors (Lipinski definition) is 1. The molecule has 0 amide bonds. The van der Waals surface area contributed by atoms with E-state index in [9.17, 15) is 4.79 Å². The van der Waals surface area contributed by atoms with Crippen LogP contribution in [0.3, 0.4) is 0 Å². The van der Waals surface area contributed by atoms with Crippen LogP contribution in [0.15, 0.2) is 29.3 Å². The standard InChI is InChI=1S/C15H14ClN3O2/c16-10-4-1-5-11-12(10)13-14(18-11)15(20)19(8-17-13)7-9-3-2-6-21-9/h1,4-5,8-9,18H,2-3,6-7H2/t9-/m0/s1. The van der Waals surface area contributed by atoms with Gasteiger partial charge in [0.15, 0.2) is 0 Å². The topological polar surface area (TPSA) is 59.9 Å². The van der Waals surface area contributed by atoms with E-state index in [-0.39, 0.29) is 11.7 Å². The molecule has 0 bridgehead atoms. The van der Waals surface area contributed by atoms with Crippen LogP contribution in [0.1, 0.15) is 12.8 Å². The van der Waals surface area contributed by atoms with Gasteiger partial charge in [0.2, 0.25) is 0 Å². The van der Waals surface area contributed by atoms with Crippen molar-refractivity contribution < 1.29 is 4.74 Å². The summed E-state index contributed by atoms with van der Waals surface area (Å²) >= 11 is 6.22. The molecule has 0 unspecified atom stereocenters. The van der Waals surface area contributed by atoms with E-state index < -0.39 is 0 Å². The van der Waals surface area contributed by atoms with Crippen LogP contribution in [0.4, 0.5) is 0 Å². The fourth-order valence-electron chi connectivity index (χ4n) is 2.93. The van der Waals surface area contributed by atoms with Crippen LogP contribution in [-0.4, -0.2) is 27.2 Å². The third kappa shape index (κ3) is 2.04. The van der Waals surface area contributed by atoms with E-state index in [0.29, 0.717) is 22.6 Å². The second-order valence-electron chi connectivity index (χ2n) is 5.35. The molecule has 21 heavy (non-hydrogen) atoms. The van der Waals surface area contributed by atoms with E-state index in [1.807, 2.05) is 12.1 Å². The van der Waals surface area contributed by atoms with Crippen LogP contribution in [0.2, 0.25) is 5.02 Å². The fourth-order valence-corrected chi connectivity index (χ4v) is 3.20. The van der Waals surface area contributed by atoms with Crippen molar-refractivity contribution in [2.24, 2.45) is 0 Å². The summed E-state index contributed by atoms with van der Waals surface area (Å²) in [4.78, 5) is 20.1. The number of aromatic amines is 1. The molecule has 0 spiro atoms. The summed E-state index contributed by atoms with van der Waals surface area (Å²) in [6, 6.07) is 5.55. The molecule has 2 aromatic heterocycles. The van der Waals surface area contributed by atoms with Crippen LogP contribution in [0.5, 0.6) is 0 Å². The van der Waals surface area contributed by atoms with E-state index in [0.717, 1.165) is 30.4 Å². The predicted molar refractivity (Wildman–Crippen MR) is 81.8 cm³/mol. The van der Waals surface area contributed by atoms with E-state index in [4.69, 9.17) is 16.3 Å². The highest BCUT2D eigenvalue weighted by Crippen LogP contribution is 2.28. The fraction of sp³-hybridized carbons (Fsp3) is 0.333. The van der Waals surface area contributed by atoms with Gasteiger partial charge in [-0.2, -0.15) is 0 Å². The molecule has 1 fully saturated rings. The lowest BCUT2D eigenvalue weighted by Crippen LogP contribution is -2.26. The third-order valence-corrected chi connectivity index (χ3v) is 4.29. The maximum absolute atomic E-state index is 12.6. The Morgan fingerprint density at radius 1 is 1.48 bits per heavy atom. The molecule has 0 radical (unpaired) electrons. The van der Waals surface area contributed by atoms with Crippen molar-refractivity contribution in [3.8, 4) is 0 Å². The Balaban J connectivity index is 1.88. The molecular weight excluding hydrogens is 290 g/mol. The number of fused-ring (bicyclic) bond motifs is 3. The Morgan fingerprint density at radius 2 is 2.38 bits per heavy atom. The maximum Gasteiger partial charge on any atom is 0.277 e. The number of H-pyrrole nitrogens is 1. The predicted octanol–water partition coefficient (Wildman–Crippen LogP) is 2.71. The number of nitrogens with one attached hydrogen (secondary N) is 1. The molecule has 1 aliphatic heterocycles. The van der Waals surface area contributed by atoms with E-state index in [1.165, 1.54) is 0 Å². The molecule has 5 nitrogen and oxygen atoms in total. The Hall–Kier alpha value is -1.85. The minimum atomic E-state index is -0.0808. The van der Waals surface area contributed by atoms with Crippen molar-refractivity contribution in [2.75, 3.05) is 6.61 Å². The second-order valence-corrected chi connectivity index (χ2v) is 5.76. The third-order valence-electron chi connectivity index (χ3n) is 3.97. The zero-order chi connectivity index (χ0) is 14.4. The van der Waals surface area contributed by atoms with Gasteiger partial charge in [0.25, 0.3) is 5.56 Å². The summed E-state index contributed by atoms with van der Waals surface area (Å²) in [5.41, 5.74) is 1.88. The highest BCUT2D eigenvalue weighted by molar-refractivity contribution is 6.37. The summed E-state index contributed by atoms with van der Waals surface area (Å²) in [5.74, 6) is 0. The average molecular weight is 304 g/mol. The number of ether oxygens (including phenoxy) is 1. The van der Waals surface area contributed by atoms with Crippen LogP contribution in [-0.2, 0) is 11.3 Å². The Bertz CT molecular complexity index is 878. The number of aromatic nitrogens is 3. The van der Waals surface area contributed by atoms with E-state index in [1.54, 1.807) is 17.0 Å². The van der Waals surface area contributed by atoms with Crippen LogP contribution < -0.4 is 5.56 Å². The normalized spacial score (nSPS) is 18.8. The minimum absolute atomic E-state index is 0.0808. The van der Waals surface area contributed by atoms with Gasteiger partial charge in [-0.1, -0.05) is 17.7 Å². The summed E-state index contributed by atoms with van der Waals surface area (Å²) in [6.45, 7) is 1.32. The second kappa shape index (κ2) is 4.86. The zero-order valence-electron chi connectivity index (χ0n) is 11.3. The monoisotopic (exact) mass is 303 g/mol. The van der Waals surface area contributed by atoms with Crippen LogP contribution in [0, 0.1) is 0 Å². The largest absolute Gasteiger partial charge is 0.376 e. The van der Waals surface area contributed by atoms with Crippen molar-refractivity contribution in [1.82, 2.24) is 14.5 Å². The van der Waals surface area contributed by atoms with Gasteiger partial charge < -0.3 is 9.72 Å². The first-order valence-corrected chi connectivity index (χ1v) is 7.39. The molecule has 4 rings (SSSR count). The molecule has 108 valence electrons. The summed E-state index contributed by atoms with van der Waals surface area (Å²) < 4.78 is 7.20. The Labute approximate surface area is 125 Å². The molecule has 3 aromatic rings. The summed E-state index contributed by atoms with van der Waals surface area (Å²) in [7, 11) is 0. The highest BCUT2D eigenvalue weighted by atomic mass is 35.5. The smallest absolute Gasteiger partial charge is 0.277 e. The molecule has 0 saturated carbocycles. The lowest BCUT2D eigenvalue weighted by Gasteiger charge is -2.10. The number of rotatable bonds is 2. The first-order valence-electron chi connectivity index (χ1n) is 7.01. The quantitative estimate of drug-likeness (QED) is 0.792. The van der Waals surface area contributed by atoms with Crippen LogP contribution in [0.25, 0.3) is 21.9 Å². The average Bonchev–Trinajstić information content (AvgIpc) is 3.10. The van der Waals surface area contributed by atoms with Gasteiger partial charge in [-0.3, -0.25) is 9.36 Å². The van der Waals surface area contributed by atoms with Gasteiger partial charge in [0, 0.05) is 17.5 Å². The van der Waals surface area contributed by atoms with Crippen molar-refractivity contribution in [1.29, 1.82) is 0 Å². The van der Waals surface area contributed by atoms with E-state index in [2.05, 4.69) is 9.97 Å². The molecule has 1 saturated heterocycles. The summed E-state index contributed by atoms with van der Waals surface area (Å²) in [6.07, 6.45) is 3.73. The molecule has 1 aromatic carbocycles. The molecule has 0 aliphatic carbocycles. The van der Waals surface area contributed by atoms with Gasteiger partial charge in [-0.15, -0.1) is 0 Å². The molecule has 1 atom stereocenters. The van der Waals surface area contributed by atoms with Gasteiger partial charge in [0.1, 0.15) is 11.0 Å². The van der Waals surface area contributed by atoms with E-state index >= 15 is 0 Å². The van der Waals surface area contributed by atoms with Crippen LogP contribution >= 0.6 is 11.6 Å². The number of nitrogens with zero attached hydrogens (tertiary/aromatic N) is 2. The molecule has 1 N–H and O–H groups in total. The summed E-state index contributed by atoms with van der Waals surface area (Å²) in [5, 5.41) is 1.40. The first-order chi connectivity index (χ1) is 10.2. The Kier molecular flexibility index (Phi) is 2.97. The molecule has 1 aliphatic rings. The number of benzene rings is 1. The first kappa shape index (κ1) is 12.9. The highest BCUT2D eigenvalue weighted by Gasteiger charge is 2.18. The zero-order valence-corrected chi connectivity index (χ0v) is 12.1. The van der Waals surface area contributed by atoms with Crippen molar-refractivity contribution >= 4 is 33.5 Å². The maximum atomic E-state index is 12.6. The minimum Gasteiger partial charge on any atom is -0.376 e. The van der Waals surface area contributed by atoms with Crippen molar-refractivity contribution in [3.05, 3.63) is 39.9 Å². The SMILES string of the molecule is O=c1c2[nH]c3cccc(Cl)c3c2ncn1C[C@@H]1CCCO1. The lowest BCUT2D eigenvalue weighted by molar-refractivity contribution is 0.0960. The van der Waals surface area contributed by atoms with Gasteiger partial charge in [-0.05, 0) is 25.0 Å². The number of hydrogen-bond acceptors (Lipinski definition) is 3. The number of halogens is 1. The van der Waals surface area contributed by atoms with Gasteiger partial charge >= 0.3 is 0 Å². The lowest BCUT2D eigenvalue weighted by atomic mass is 10.2. The van der Waals surface area contributed by atoms with Gasteiger partial charge in [0.05, 0.1) is 24.0 Å².